The first kappa shape index (κ1) is 19.1. The molecule has 2 heterocycles. The van der Waals surface area contributed by atoms with Gasteiger partial charge in [-0.15, -0.1) is 0 Å². The number of rotatable bonds is 6. The summed E-state index contributed by atoms with van der Waals surface area (Å²) in [6.07, 6.45) is 0.444. The zero-order chi connectivity index (χ0) is 19.6. The van der Waals surface area contributed by atoms with E-state index in [-0.39, 0.29) is 18.4 Å². The van der Waals surface area contributed by atoms with Gasteiger partial charge in [0.15, 0.2) is 17.5 Å². The van der Waals surface area contributed by atoms with Crippen molar-refractivity contribution >= 4 is 38.8 Å². The van der Waals surface area contributed by atoms with Crippen molar-refractivity contribution in [3.05, 3.63) is 58.0 Å². The Morgan fingerprint density at radius 1 is 1.26 bits per heavy atom. The van der Waals surface area contributed by atoms with E-state index in [1.165, 1.54) is 0 Å². The minimum atomic E-state index is -0.956. The molecular weight excluding hydrogens is 424 g/mol. The summed E-state index contributed by atoms with van der Waals surface area (Å²) in [5, 5.41) is 0. The number of hydrogen-bond donors (Lipinski definition) is 1. The maximum absolute atomic E-state index is 13.6. The molecule has 2 aromatic heterocycles. The second kappa shape index (κ2) is 7.91. The van der Waals surface area contributed by atoms with Crippen molar-refractivity contribution in [3.63, 3.8) is 0 Å². The number of esters is 1. The molecule has 1 aromatic carbocycles. The summed E-state index contributed by atoms with van der Waals surface area (Å²) in [5.74, 6) is -2.55. The third-order valence-electron chi connectivity index (χ3n) is 3.80. The number of Topliss-reactive ketones (excluding diaryl/α,β-unsaturated/α-hetero) is 1. The Balaban J connectivity index is 1.58. The molecule has 0 aliphatic heterocycles. The number of carbonyl (C=O) groups excluding carboxylic acids is 2. The van der Waals surface area contributed by atoms with Crippen molar-refractivity contribution in [2.45, 2.75) is 25.9 Å². The highest BCUT2D eigenvalue weighted by Gasteiger charge is 2.19. The first-order valence-corrected chi connectivity index (χ1v) is 8.81. The van der Waals surface area contributed by atoms with Gasteiger partial charge in [0.05, 0.1) is 17.5 Å². The number of aromatic nitrogens is 3. The molecule has 1 N–H and O–H groups in total. The third kappa shape index (κ3) is 4.54. The van der Waals surface area contributed by atoms with Gasteiger partial charge in [-0.1, -0.05) is 0 Å². The molecule has 1 atom stereocenters. The lowest BCUT2D eigenvalue weighted by atomic mass is 10.1. The monoisotopic (exact) mass is 437 g/mol. The van der Waals surface area contributed by atoms with E-state index in [1.54, 1.807) is 19.2 Å². The van der Waals surface area contributed by atoms with Crippen LogP contribution in [0, 0.1) is 11.6 Å². The molecule has 3 aromatic rings. The van der Waals surface area contributed by atoms with Crippen molar-refractivity contribution in [1.82, 2.24) is 15.0 Å². The highest BCUT2D eigenvalue weighted by molar-refractivity contribution is 9.10. The molecule has 0 aliphatic carbocycles. The fourth-order valence-electron chi connectivity index (χ4n) is 2.46. The number of H-pyrrole nitrogens is 1. The number of halogens is 3. The number of carbonyl (C=O) groups is 2. The molecule has 140 valence electrons. The van der Waals surface area contributed by atoms with Crippen LogP contribution >= 0.6 is 15.9 Å². The minimum Gasteiger partial charge on any atom is -0.454 e. The SMILES string of the molecule is CC(OC(=O)CCC(=O)c1ccc(F)cc1F)c1nc2ncc(Br)cc2[nH]1. The molecule has 0 saturated heterocycles. The normalized spacial score (nSPS) is 12.1. The second-order valence-electron chi connectivity index (χ2n) is 5.83. The quantitative estimate of drug-likeness (QED) is 0.459. The number of nitrogens with one attached hydrogen (secondary N) is 1. The van der Waals surface area contributed by atoms with Crippen LogP contribution in [0.5, 0.6) is 0 Å². The average Bonchev–Trinajstić information content (AvgIpc) is 3.03. The van der Waals surface area contributed by atoms with E-state index in [2.05, 4.69) is 30.9 Å². The second-order valence-corrected chi connectivity index (χ2v) is 6.74. The van der Waals surface area contributed by atoms with Gasteiger partial charge in [-0.3, -0.25) is 9.59 Å². The van der Waals surface area contributed by atoms with Gasteiger partial charge in [0.25, 0.3) is 0 Å². The molecule has 3 rings (SSSR count). The Bertz CT molecular complexity index is 1020. The van der Waals surface area contributed by atoms with Gasteiger partial charge >= 0.3 is 5.97 Å². The molecule has 0 saturated carbocycles. The Morgan fingerprint density at radius 3 is 2.78 bits per heavy atom. The first-order chi connectivity index (χ1) is 12.8. The molecule has 6 nitrogen and oxygen atoms in total. The zero-order valence-electron chi connectivity index (χ0n) is 14.1. The van der Waals surface area contributed by atoms with Crippen LogP contribution in [0.15, 0.2) is 34.9 Å². The summed E-state index contributed by atoms with van der Waals surface area (Å²) in [4.78, 5) is 35.4. The lowest BCUT2D eigenvalue weighted by Crippen LogP contribution is -2.12. The first-order valence-electron chi connectivity index (χ1n) is 8.02. The van der Waals surface area contributed by atoms with Crippen LogP contribution < -0.4 is 0 Å². The number of nitrogens with zero attached hydrogens (tertiary/aromatic N) is 2. The number of pyridine rings is 1. The number of hydrogen-bond acceptors (Lipinski definition) is 5. The average molecular weight is 438 g/mol. The fraction of sp³-hybridized carbons (Fsp3) is 0.222. The van der Waals surface area contributed by atoms with Crippen LogP contribution in [0.2, 0.25) is 0 Å². The summed E-state index contributed by atoms with van der Waals surface area (Å²) < 4.78 is 32.5. The molecule has 0 aliphatic rings. The van der Waals surface area contributed by atoms with Gasteiger partial charge in [0.2, 0.25) is 0 Å². The predicted molar refractivity (Wildman–Crippen MR) is 96.0 cm³/mol. The summed E-state index contributed by atoms with van der Waals surface area (Å²) in [6, 6.07) is 4.47. The zero-order valence-corrected chi connectivity index (χ0v) is 15.7. The van der Waals surface area contributed by atoms with Crippen LogP contribution in [-0.2, 0) is 9.53 Å². The maximum atomic E-state index is 13.6. The number of imidazole rings is 1. The Hall–Kier alpha value is -2.68. The topological polar surface area (TPSA) is 84.9 Å². The predicted octanol–water partition coefficient (Wildman–Crippen LogP) is 4.27. The third-order valence-corrected chi connectivity index (χ3v) is 4.24. The molecular formula is C18H14BrF2N3O3. The molecule has 0 amide bonds. The Morgan fingerprint density at radius 2 is 2.04 bits per heavy atom. The van der Waals surface area contributed by atoms with E-state index < -0.39 is 29.5 Å². The standard InChI is InChI=1S/C18H14BrF2N3O3/c1-9(17-23-14-6-10(19)8-22-18(14)24-17)27-16(26)5-4-15(25)12-3-2-11(20)7-13(12)21/h2-3,6-9H,4-5H2,1H3,(H,22,23,24). The minimum absolute atomic E-state index is 0.232. The van der Waals surface area contributed by atoms with Gasteiger partial charge in [0.1, 0.15) is 17.5 Å². The van der Waals surface area contributed by atoms with Gasteiger partial charge < -0.3 is 9.72 Å². The Kier molecular flexibility index (Phi) is 5.59. The largest absolute Gasteiger partial charge is 0.454 e. The molecule has 0 bridgehead atoms. The molecule has 0 radical (unpaired) electrons. The smallest absolute Gasteiger partial charge is 0.306 e. The van der Waals surface area contributed by atoms with Gasteiger partial charge in [-0.25, -0.2) is 18.7 Å². The molecule has 9 heteroatoms. The highest BCUT2D eigenvalue weighted by Crippen LogP contribution is 2.21. The van der Waals surface area contributed by atoms with Gasteiger partial charge in [-0.2, -0.15) is 0 Å². The van der Waals surface area contributed by atoms with Crippen LogP contribution in [0.4, 0.5) is 8.78 Å². The summed E-state index contributed by atoms with van der Waals surface area (Å²) in [7, 11) is 0. The number of fused-ring (bicyclic) bond motifs is 1. The van der Waals surface area contributed by atoms with Crippen LogP contribution in [0.3, 0.4) is 0 Å². The maximum Gasteiger partial charge on any atom is 0.306 e. The van der Waals surface area contributed by atoms with Crippen LogP contribution in [0.1, 0.15) is 42.1 Å². The van der Waals surface area contributed by atoms with Gasteiger partial charge in [0, 0.05) is 23.2 Å². The van der Waals surface area contributed by atoms with Crippen molar-refractivity contribution in [2.24, 2.45) is 0 Å². The summed E-state index contributed by atoms with van der Waals surface area (Å²) in [5.41, 5.74) is 0.911. The summed E-state index contributed by atoms with van der Waals surface area (Å²) in [6.45, 7) is 1.63. The molecule has 0 fully saturated rings. The Labute approximate surface area is 161 Å². The fourth-order valence-corrected chi connectivity index (χ4v) is 2.79. The lowest BCUT2D eigenvalue weighted by Gasteiger charge is -2.10. The van der Waals surface area contributed by atoms with Crippen LogP contribution in [0.25, 0.3) is 11.2 Å². The lowest BCUT2D eigenvalue weighted by molar-refractivity contribution is -0.148. The van der Waals surface area contributed by atoms with E-state index in [9.17, 15) is 18.4 Å². The van der Waals surface area contributed by atoms with E-state index >= 15 is 0 Å². The molecule has 0 spiro atoms. The van der Waals surface area contributed by atoms with E-state index in [0.29, 0.717) is 23.1 Å². The van der Waals surface area contributed by atoms with Gasteiger partial charge in [-0.05, 0) is 41.1 Å². The molecule has 1 unspecified atom stereocenters. The van der Waals surface area contributed by atoms with E-state index in [1.807, 2.05) is 0 Å². The molecule has 27 heavy (non-hydrogen) atoms. The number of aromatic amines is 1. The van der Waals surface area contributed by atoms with Crippen molar-refractivity contribution < 1.29 is 23.1 Å². The van der Waals surface area contributed by atoms with Crippen LogP contribution in [-0.4, -0.2) is 26.7 Å². The number of ketones is 1. The van der Waals surface area contributed by atoms with E-state index in [0.717, 1.165) is 16.6 Å². The number of benzene rings is 1. The van der Waals surface area contributed by atoms with E-state index in [4.69, 9.17) is 4.74 Å². The van der Waals surface area contributed by atoms with Crippen molar-refractivity contribution in [3.8, 4) is 0 Å². The van der Waals surface area contributed by atoms with Crippen molar-refractivity contribution in [2.75, 3.05) is 0 Å². The number of ether oxygens (including phenoxy) is 1. The van der Waals surface area contributed by atoms with Crippen molar-refractivity contribution in [1.29, 1.82) is 0 Å². The highest BCUT2D eigenvalue weighted by atomic mass is 79.9. The summed E-state index contributed by atoms with van der Waals surface area (Å²) >= 11 is 3.31.